The van der Waals surface area contributed by atoms with E-state index in [1.165, 1.54) is 4.31 Å². The molecule has 1 aromatic carbocycles. The summed E-state index contributed by atoms with van der Waals surface area (Å²) in [6, 6.07) is 7.42. The predicted molar refractivity (Wildman–Crippen MR) is 104 cm³/mol. The highest BCUT2D eigenvalue weighted by atomic mass is 35.5. The maximum absolute atomic E-state index is 12.9. The summed E-state index contributed by atoms with van der Waals surface area (Å²) < 4.78 is 32.2. The molecule has 0 radical (unpaired) electrons. The van der Waals surface area contributed by atoms with Crippen molar-refractivity contribution in [1.82, 2.24) is 19.3 Å². The Labute approximate surface area is 167 Å². The number of nitrogens with zero attached hydrogens (tertiary/aromatic N) is 3. The molecule has 3 heterocycles. The topological polar surface area (TPSA) is 99.5 Å². The van der Waals surface area contributed by atoms with Crippen LogP contribution in [0.1, 0.15) is 21.9 Å². The first-order valence-corrected chi connectivity index (χ1v) is 10.6. The molecule has 148 valence electrons. The number of benzene rings is 1. The average Bonchev–Trinajstić information content (AvgIpc) is 3.21. The molecule has 0 spiro atoms. The molecule has 0 unspecified atom stereocenters. The van der Waals surface area contributed by atoms with Gasteiger partial charge in [0.05, 0.1) is 5.02 Å². The van der Waals surface area contributed by atoms with Gasteiger partial charge in [-0.1, -0.05) is 35.0 Å². The molecule has 0 atom stereocenters. The lowest BCUT2D eigenvalue weighted by Crippen LogP contribution is -2.50. The maximum atomic E-state index is 12.9. The van der Waals surface area contributed by atoms with Crippen molar-refractivity contribution in [2.24, 2.45) is 0 Å². The van der Waals surface area contributed by atoms with Gasteiger partial charge in [-0.25, -0.2) is 8.42 Å². The number of hydrogen-bond acceptors (Lipinski definition) is 5. The van der Waals surface area contributed by atoms with E-state index in [1.54, 1.807) is 18.7 Å². The molecule has 2 aromatic heterocycles. The third kappa shape index (κ3) is 2.99. The molecule has 1 amide bonds. The van der Waals surface area contributed by atoms with Crippen LogP contribution in [0.5, 0.6) is 0 Å². The van der Waals surface area contributed by atoms with Gasteiger partial charge in [0.15, 0.2) is 5.76 Å². The Bertz CT molecular complexity index is 1140. The molecule has 0 bridgehead atoms. The number of aromatic nitrogens is 2. The van der Waals surface area contributed by atoms with Crippen LogP contribution >= 0.6 is 11.6 Å². The quantitative estimate of drug-likeness (QED) is 0.699. The first-order chi connectivity index (χ1) is 13.3. The fraction of sp³-hybridized carbons (Fsp3) is 0.333. The van der Waals surface area contributed by atoms with Crippen LogP contribution in [0.4, 0.5) is 0 Å². The minimum absolute atomic E-state index is 0.103. The van der Waals surface area contributed by atoms with Gasteiger partial charge in [0.2, 0.25) is 10.0 Å². The Morgan fingerprint density at radius 3 is 2.46 bits per heavy atom. The summed E-state index contributed by atoms with van der Waals surface area (Å²) in [5.41, 5.74) is 1.45. The van der Waals surface area contributed by atoms with Gasteiger partial charge < -0.3 is 14.4 Å². The maximum Gasteiger partial charge on any atom is 0.271 e. The second-order valence-electron chi connectivity index (χ2n) is 6.71. The second kappa shape index (κ2) is 6.91. The van der Waals surface area contributed by atoms with Gasteiger partial charge in [-0.15, -0.1) is 0 Å². The predicted octanol–water partition coefficient (Wildman–Crippen LogP) is 2.57. The highest BCUT2D eigenvalue weighted by molar-refractivity contribution is 7.89. The first kappa shape index (κ1) is 19.0. The first-order valence-electron chi connectivity index (χ1n) is 8.79. The van der Waals surface area contributed by atoms with Crippen molar-refractivity contribution in [2.45, 2.75) is 18.7 Å². The number of H-pyrrole nitrogens is 1. The molecule has 1 fully saturated rings. The number of carbonyl (C=O) groups excluding carboxylic acids is 1. The molecule has 28 heavy (non-hydrogen) atoms. The third-order valence-corrected chi connectivity index (χ3v) is 7.48. The zero-order valence-electron chi connectivity index (χ0n) is 15.4. The van der Waals surface area contributed by atoms with E-state index >= 15 is 0 Å². The molecule has 1 N–H and O–H groups in total. The molecule has 1 aliphatic rings. The van der Waals surface area contributed by atoms with Crippen molar-refractivity contribution in [3.05, 3.63) is 46.4 Å². The number of aromatic amines is 1. The molecule has 8 nitrogen and oxygen atoms in total. The summed E-state index contributed by atoms with van der Waals surface area (Å²) in [4.78, 5) is 17.7. The molecule has 0 saturated carbocycles. The van der Waals surface area contributed by atoms with E-state index in [0.717, 1.165) is 10.9 Å². The summed E-state index contributed by atoms with van der Waals surface area (Å²) in [7, 11) is -3.72. The number of nitrogens with one attached hydrogen (secondary N) is 1. The van der Waals surface area contributed by atoms with Crippen LogP contribution in [-0.2, 0) is 10.0 Å². The Morgan fingerprint density at radius 1 is 1.18 bits per heavy atom. The van der Waals surface area contributed by atoms with Crippen LogP contribution in [-0.4, -0.2) is 59.8 Å². The number of para-hydroxylation sites is 1. The molecular weight excluding hydrogens is 404 g/mol. The van der Waals surface area contributed by atoms with E-state index in [2.05, 4.69) is 10.1 Å². The van der Waals surface area contributed by atoms with Crippen LogP contribution in [0, 0.1) is 13.8 Å². The SMILES string of the molecule is Cc1noc(C)c1S(=O)(=O)N1CCN(C(=O)c2[nH]c3ccccc3c2Cl)CC1. The van der Waals surface area contributed by atoms with Crippen molar-refractivity contribution in [3.63, 3.8) is 0 Å². The fourth-order valence-electron chi connectivity index (χ4n) is 3.52. The standard InChI is InChI=1S/C18H19ClN4O4S/c1-11-17(12(2)27-21-11)28(25,26)23-9-7-22(8-10-23)18(24)16-15(19)13-5-3-4-6-14(13)20-16/h3-6,20H,7-10H2,1-2H3. The summed E-state index contributed by atoms with van der Waals surface area (Å²) in [6.07, 6.45) is 0. The van der Waals surface area contributed by atoms with Gasteiger partial charge in [0.1, 0.15) is 16.3 Å². The zero-order chi connectivity index (χ0) is 20.1. The van der Waals surface area contributed by atoms with Crippen LogP contribution in [0.15, 0.2) is 33.7 Å². The molecule has 3 aromatic rings. The second-order valence-corrected chi connectivity index (χ2v) is 8.96. The van der Waals surface area contributed by atoms with Crippen LogP contribution in [0.2, 0.25) is 5.02 Å². The van der Waals surface area contributed by atoms with Crippen molar-refractivity contribution >= 4 is 38.4 Å². The Morgan fingerprint density at radius 2 is 1.86 bits per heavy atom. The van der Waals surface area contributed by atoms with Crippen molar-refractivity contribution in [3.8, 4) is 0 Å². The van der Waals surface area contributed by atoms with Crippen molar-refractivity contribution in [2.75, 3.05) is 26.2 Å². The van der Waals surface area contributed by atoms with E-state index in [-0.39, 0.29) is 42.7 Å². The van der Waals surface area contributed by atoms with Crippen LogP contribution in [0.3, 0.4) is 0 Å². The highest BCUT2D eigenvalue weighted by Crippen LogP contribution is 2.29. The number of rotatable bonds is 3. The van der Waals surface area contributed by atoms with E-state index in [9.17, 15) is 13.2 Å². The Kier molecular flexibility index (Phi) is 4.68. The van der Waals surface area contributed by atoms with E-state index < -0.39 is 10.0 Å². The Balaban J connectivity index is 1.52. The van der Waals surface area contributed by atoms with Gasteiger partial charge in [0, 0.05) is 37.1 Å². The van der Waals surface area contributed by atoms with Crippen LogP contribution in [0.25, 0.3) is 10.9 Å². The molecule has 0 aliphatic carbocycles. The molecule has 4 rings (SSSR count). The number of amides is 1. The molecule has 10 heteroatoms. The van der Waals surface area contributed by atoms with Gasteiger partial charge >= 0.3 is 0 Å². The number of fused-ring (bicyclic) bond motifs is 1. The lowest BCUT2D eigenvalue weighted by molar-refractivity contribution is 0.0693. The lowest BCUT2D eigenvalue weighted by Gasteiger charge is -2.33. The summed E-state index contributed by atoms with van der Waals surface area (Å²) in [5, 5.41) is 4.89. The van der Waals surface area contributed by atoms with E-state index in [4.69, 9.17) is 16.1 Å². The minimum Gasteiger partial charge on any atom is -0.360 e. The number of piperazine rings is 1. The van der Waals surface area contributed by atoms with Crippen LogP contribution < -0.4 is 0 Å². The Hall–Kier alpha value is -2.36. The molecule has 1 aliphatic heterocycles. The number of hydrogen-bond donors (Lipinski definition) is 1. The normalized spacial score (nSPS) is 16.0. The van der Waals surface area contributed by atoms with Gasteiger partial charge in [0.25, 0.3) is 5.91 Å². The number of halogens is 1. The average molecular weight is 423 g/mol. The lowest BCUT2D eigenvalue weighted by atomic mass is 10.2. The smallest absolute Gasteiger partial charge is 0.271 e. The van der Waals surface area contributed by atoms with Gasteiger partial charge in [-0.3, -0.25) is 4.79 Å². The van der Waals surface area contributed by atoms with Gasteiger partial charge in [-0.05, 0) is 19.9 Å². The van der Waals surface area contributed by atoms with Gasteiger partial charge in [-0.2, -0.15) is 4.31 Å². The highest BCUT2D eigenvalue weighted by Gasteiger charge is 2.35. The summed E-state index contributed by atoms with van der Waals surface area (Å²) >= 11 is 6.37. The number of carbonyl (C=O) groups is 1. The fourth-order valence-corrected chi connectivity index (χ4v) is 5.52. The molecule has 1 saturated heterocycles. The van der Waals surface area contributed by atoms with E-state index in [1.807, 2.05) is 24.3 Å². The molecular formula is C18H19ClN4O4S. The minimum atomic E-state index is -3.72. The zero-order valence-corrected chi connectivity index (χ0v) is 17.0. The van der Waals surface area contributed by atoms with Crippen molar-refractivity contribution in [1.29, 1.82) is 0 Å². The monoisotopic (exact) mass is 422 g/mol. The largest absolute Gasteiger partial charge is 0.360 e. The number of sulfonamides is 1. The third-order valence-electron chi connectivity index (χ3n) is 4.95. The summed E-state index contributed by atoms with van der Waals surface area (Å²) in [5.74, 6) is 0.0245. The summed E-state index contributed by atoms with van der Waals surface area (Å²) in [6.45, 7) is 4.10. The van der Waals surface area contributed by atoms with Crippen molar-refractivity contribution < 1.29 is 17.7 Å². The van der Waals surface area contributed by atoms with E-state index in [0.29, 0.717) is 16.4 Å². The number of aryl methyl sites for hydroxylation is 2.